The number of thiophene rings is 1. The van der Waals surface area contributed by atoms with Crippen LogP contribution in [0.15, 0.2) is 0 Å². The number of fused-ring (bicyclic) bond motifs is 1. The second-order valence-corrected chi connectivity index (χ2v) is 5.55. The molecule has 1 aliphatic carbocycles. The molecule has 2 rings (SSSR count). The number of carbonyl (C=O) groups excluding carboxylic acids is 1. The highest BCUT2D eigenvalue weighted by molar-refractivity contribution is 7.16. The lowest BCUT2D eigenvalue weighted by Crippen LogP contribution is -2.35. The fourth-order valence-corrected chi connectivity index (χ4v) is 3.36. The van der Waals surface area contributed by atoms with E-state index in [-0.39, 0.29) is 0 Å². The minimum absolute atomic E-state index is 0.438. The molecule has 1 heterocycles. The van der Waals surface area contributed by atoms with Crippen molar-refractivity contribution in [3.05, 3.63) is 16.0 Å². The van der Waals surface area contributed by atoms with Gasteiger partial charge >= 0.3 is 6.18 Å². The van der Waals surface area contributed by atoms with Gasteiger partial charge in [0.15, 0.2) is 0 Å². The quantitative estimate of drug-likeness (QED) is 0.896. The molecule has 1 aromatic heterocycles. The molecule has 0 radical (unpaired) electrons. The molecule has 1 aromatic rings. The van der Waals surface area contributed by atoms with Crippen molar-refractivity contribution in [3.63, 3.8) is 0 Å². The number of alkyl halides is 3. The Balaban J connectivity index is 1.94. The van der Waals surface area contributed by atoms with E-state index >= 15 is 0 Å². The second-order valence-electron chi connectivity index (χ2n) is 4.44. The molecular weight excluding hydrogens is 291 g/mol. The maximum Gasteiger partial charge on any atom is 0.401 e. The zero-order valence-corrected chi connectivity index (χ0v) is 11.2. The first-order chi connectivity index (χ1) is 9.40. The third kappa shape index (κ3) is 3.49. The molecule has 108 valence electrons. The summed E-state index contributed by atoms with van der Waals surface area (Å²) < 4.78 is 35.8. The standard InChI is InChI=1S/C12H12F3N3OS/c13-12(14,15)6-17-5-10(19)18-11-8(4-16)7-2-1-3-9(7)20-11/h17H,1-3,5-6H2,(H,18,19). The van der Waals surface area contributed by atoms with Gasteiger partial charge in [-0.3, -0.25) is 4.79 Å². The largest absolute Gasteiger partial charge is 0.401 e. The van der Waals surface area contributed by atoms with Gasteiger partial charge < -0.3 is 10.6 Å². The van der Waals surface area contributed by atoms with Gasteiger partial charge in [0.25, 0.3) is 0 Å². The van der Waals surface area contributed by atoms with E-state index in [1.165, 1.54) is 11.3 Å². The van der Waals surface area contributed by atoms with E-state index in [1.54, 1.807) is 0 Å². The Morgan fingerprint density at radius 1 is 1.40 bits per heavy atom. The first-order valence-corrected chi connectivity index (χ1v) is 6.84. The van der Waals surface area contributed by atoms with Crippen LogP contribution >= 0.6 is 11.3 Å². The molecule has 20 heavy (non-hydrogen) atoms. The first kappa shape index (κ1) is 14.8. The highest BCUT2D eigenvalue weighted by atomic mass is 32.1. The number of carbonyl (C=O) groups is 1. The first-order valence-electron chi connectivity index (χ1n) is 6.02. The fraction of sp³-hybridized carbons (Fsp3) is 0.500. The molecule has 0 fully saturated rings. The fourth-order valence-electron chi connectivity index (χ4n) is 2.10. The molecule has 1 amide bonds. The molecule has 0 aliphatic heterocycles. The summed E-state index contributed by atoms with van der Waals surface area (Å²) in [7, 11) is 0. The number of anilines is 1. The van der Waals surface area contributed by atoms with Crippen LogP contribution in [0.3, 0.4) is 0 Å². The van der Waals surface area contributed by atoms with E-state index in [2.05, 4.69) is 11.4 Å². The van der Waals surface area contributed by atoms with Gasteiger partial charge in [0.05, 0.1) is 18.7 Å². The number of hydrogen-bond acceptors (Lipinski definition) is 4. The molecule has 0 bridgehead atoms. The number of amides is 1. The van der Waals surface area contributed by atoms with Crippen LogP contribution in [-0.4, -0.2) is 25.2 Å². The predicted molar refractivity (Wildman–Crippen MR) is 68.6 cm³/mol. The lowest BCUT2D eigenvalue weighted by molar-refractivity contribution is -0.126. The molecule has 0 saturated carbocycles. The molecular formula is C12H12F3N3OS. The molecule has 4 nitrogen and oxygen atoms in total. The Morgan fingerprint density at radius 2 is 2.15 bits per heavy atom. The summed E-state index contributed by atoms with van der Waals surface area (Å²) in [6.07, 6.45) is -1.65. The Morgan fingerprint density at radius 3 is 2.80 bits per heavy atom. The van der Waals surface area contributed by atoms with Crippen LogP contribution in [0.25, 0.3) is 0 Å². The van der Waals surface area contributed by atoms with Crippen molar-refractivity contribution >= 4 is 22.2 Å². The summed E-state index contributed by atoms with van der Waals surface area (Å²) in [6.45, 7) is -1.65. The average Bonchev–Trinajstić information content (AvgIpc) is 2.86. The maximum absolute atomic E-state index is 11.9. The molecule has 0 aromatic carbocycles. The lowest BCUT2D eigenvalue weighted by Gasteiger charge is -2.08. The number of halogens is 3. The van der Waals surface area contributed by atoms with E-state index in [9.17, 15) is 18.0 Å². The van der Waals surface area contributed by atoms with E-state index in [4.69, 9.17) is 5.26 Å². The second kappa shape index (κ2) is 5.81. The predicted octanol–water partition coefficient (Wildman–Crippen LogP) is 2.20. The van der Waals surface area contributed by atoms with Crippen molar-refractivity contribution in [2.24, 2.45) is 0 Å². The summed E-state index contributed by atoms with van der Waals surface area (Å²) in [5, 5.41) is 14.1. The van der Waals surface area contributed by atoms with Gasteiger partial charge in [0.2, 0.25) is 5.91 Å². The van der Waals surface area contributed by atoms with Crippen molar-refractivity contribution in [1.82, 2.24) is 5.32 Å². The Kier molecular flexibility index (Phi) is 4.30. The van der Waals surface area contributed by atoms with E-state index < -0.39 is 25.2 Å². The Labute approximate surface area is 117 Å². The van der Waals surface area contributed by atoms with Gasteiger partial charge in [-0.15, -0.1) is 11.3 Å². The zero-order valence-electron chi connectivity index (χ0n) is 10.4. The molecule has 0 saturated heterocycles. The van der Waals surface area contributed by atoms with Gasteiger partial charge in [-0.1, -0.05) is 0 Å². The summed E-state index contributed by atoms with van der Waals surface area (Å²) in [6, 6.07) is 2.06. The van der Waals surface area contributed by atoms with Crippen LogP contribution in [0.5, 0.6) is 0 Å². The molecule has 0 unspecified atom stereocenters. The van der Waals surface area contributed by atoms with Crippen LogP contribution in [0.4, 0.5) is 18.2 Å². The third-order valence-electron chi connectivity index (χ3n) is 2.90. The van der Waals surface area contributed by atoms with Crippen LogP contribution in [0, 0.1) is 11.3 Å². The normalized spacial score (nSPS) is 13.9. The van der Waals surface area contributed by atoms with Crippen molar-refractivity contribution in [3.8, 4) is 6.07 Å². The van der Waals surface area contributed by atoms with Gasteiger partial charge in [0, 0.05) is 4.88 Å². The summed E-state index contributed by atoms with van der Waals surface area (Å²) in [5.41, 5.74) is 1.42. The Hall–Kier alpha value is -1.59. The van der Waals surface area contributed by atoms with Gasteiger partial charge in [0.1, 0.15) is 11.1 Å². The average molecular weight is 303 g/mol. The van der Waals surface area contributed by atoms with Crippen LogP contribution in [0.1, 0.15) is 22.4 Å². The SMILES string of the molecule is N#Cc1c(NC(=O)CNCC(F)(F)F)sc2c1CCC2. The molecule has 1 aliphatic rings. The third-order valence-corrected chi connectivity index (χ3v) is 4.10. The van der Waals surface area contributed by atoms with Crippen molar-refractivity contribution < 1.29 is 18.0 Å². The number of nitriles is 1. The summed E-state index contributed by atoms with van der Waals surface area (Å²) in [4.78, 5) is 12.6. The zero-order chi connectivity index (χ0) is 14.8. The summed E-state index contributed by atoms with van der Waals surface area (Å²) >= 11 is 1.34. The minimum atomic E-state index is -4.35. The molecule has 0 atom stereocenters. The smallest absolute Gasteiger partial charge is 0.315 e. The monoisotopic (exact) mass is 303 g/mol. The van der Waals surface area contributed by atoms with Crippen LogP contribution < -0.4 is 10.6 Å². The maximum atomic E-state index is 11.9. The number of hydrogen-bond donors (Lipinski definition) is 2. The molecule has 2 N–H and O–H groups in total. The topological polar surface area (TPSA) is 64.9 Å². The van der Waals surface area contributed by atoms with Crippen LogP contribution in [-0.2, 0) is 17.6 Å². The van der Waals surface area contributed by atoms with Crippen molar-refractivity contribution in [2.45, 2.75) is 25.4 Å². The number of aryl methyl sites for hydroxylation is 1. The lowest BCUT2D eigenvalue weighted by atomic mass is 10.1. The minimum Gasteiger partial charge on any atom is -0.315 e. The van der Waals surface area contributed by atoms with Gasteiger partial charge in [-0.05, 0) is 24.8 Å². The van der Waals surface area contributed by atoms with Gasteiger partial charge in [-0.2, -0.15) is 18.4 Å². The van der Waals surface area contributed by atoms with Crippen LogP contribution in [0.2, 0.25) is 0 Å². The highest BCUT2D eigenvalue weighted by Crippen LogP contribution is 2.38. The summed E-state index contributed by atoms with van der Waals surface area (Å²) in [5.74, 6) is -0.578. The van der Waals surface area contributed by atoms with E-state index in [0.29, 0.717) is 10.6 Å². The Bertz CT molecular complexity index is 560. The van der Waals surface area contributed by atoms with Gasteiger partial charge in [-0.25, -0.2) is 0 Å². The number of nitrogens with one attached hydrogen (secondary N) is 2. The number of nitrogens with zero attached hydrogens (tertiary/aromatic N) is 1. The van der Waals surface area contributed by atoms with Crippen molar-refractivity contribution in [2.75, 3.05) is 18.4 Å². The van der Waals surface area contributed by atoms with E-state index in [0.717, 1.165) is 29.7 Å². The van der Waals surface area contributed by atoms with Crippen molar-refractivity contribution in [1.29, 1.82) is 5.26 Å². The van der Waals surface area contributed by atoms with E-state index in [1.807, 2.05) is 5.32 Å². The molecule has 0 spiro atoms. The highest BCUT2D eigenvalue weighted by Gasteiger charge is 2.27. The number of rotatable bonds is 4. The molecule has 8 heteroatoms.